The molecule has 3 N–H and O–H groups in total. The summed E-state index contributed by atoms with van der Waals surface area (Å²) in [6, 6.07) is 12.4. The summed E-state index contributed by atoms with van der Waals surface area (Å²) < 4.78 is 24.9. The molecule has 4 rings (SSSR count). The Morgan fingerprint density at radius 1 is 1.20 bits per heavy atom. The number of hydrogen-bond donors (Lipinski definition) is 3. The van der Waals surface area contributed by atoms with Crippen molar-refractivity contribution in [2.45, 2.75) is 19.6 Å². The van der Waals surface area contributed by atoms with Gasteiger partial charge in [-0.2, -0.15) is 5.10 Å². The number of hydrazine groups is 1. The van der Waals surface area contributed by atoms with Gasteiger partial charge < -0.3 is 14.6 Å². The van der Waals surface area contributed by atoms with E-state index in [1.165, 1.54) is 36.2 Å². The SMILES string of the molecule is CC(=O)c1cc(C(=O)NN(Cc2ccc(-c3cc(Cl)ccc3F)cc2)CC(O)C(=O)OCCN2CCOCC2)[nH]n1. The molecule has 2 aromatic carbocycles. The van der Waals surface area contributed by atoms with Crippen LogP contribution in [-0.2, 0) is 20.8 Å². The first kappa shape index (κ1) is 30.3. The molecule has 1 fully saturated rings. The van der Waals surface area contributed by atoms with Gasteiger partial charge in [-0.15, -0.1) is 0 Å². The largest absolute Gasteiger partial charge is 0.462 e. The number of rotatable bonds is 12. The van der Waals surface area contributed by atoms with Gasteiger partial charge in [0.25, 0.3) is 5.91 Å². The summed E-state index contributed by atoms with van der Waals surface area (Å²) in [5.74, 6) is -2.19. The minimum absolute atomic E-state index is 0.0227. The van der Waals surface area contributed by atoms with Crippen LogP contribution in [0.1, 0.15) is 33.5 Å². The van der Waals surface area contributed by atoms with Gasteiger partial charge in [0.1, 0.15) is 23.8 Å². The highest BCUT2D eigenvalue weighted by molar-refractivity contribution is 6.30. The lowest BCUT2D eigenvalue weighted by atomic mass is 10.0. The molecule has 3 aromatic rings. The lowest BCUT2D eigenvalue weighted by Crippen LogP contribution is -2.48. The number of morpholine rings is 1. The normalized spacial score (nSPS) is 14.6. The number of halogens is 2. The number of hydrogen-bond acceptors (Lipinski definition) is 9. The molecule has 0 aliphatic carbocycles. The van der Waals surface area contributed by atoms with Crippen LogP contribution in [0.15, 0.2) is 48.5 Å². The quantitative estimate of drug-likeness (QED) is 0.166. The molecule has 11 nitrogen and oxygen atoms in total. The second-order valence-corrected chi connectivity index (χ2v) is 9.94. The molecule has 0 spiro atoms. The average Bonchev–Trinajstić information content (AvgIpc) is 3.46. The second kappa shape index (κ2) is 14.3. The number of nitrogens with one attached hydrogen (secondary N) is 2. The fourth-order valence-electron chi connectivity index (χ4n) is 4.18. The number of nitrogens with zero attached hydrogens (tertiary/aromatic N) is 3. The fraction of sp³-hybridized carbons (Fsp3) is 0.357. The zero-order valence-electron chi connectivity index (χ0n) is 22.4. The predicted octanol–water partition coefficient (Wildman–Crippen LogP) is 2.46. The molecule has 0 bridgehead atoms. The van der Waals surface area contributed by atoms with Crippen LogP contribution in [0, 0.1) is 5.82 Å². The maximum Gasteiger partial charge on any atom is 0.336 e. The molecule has 41 heavy (non-hydrogen) atoms. The van der Waals surface area contributed by atoms with Gasteiger partial charge in [-0.3, -0.25) is 25.0 Å². The molecule has 218 valence electrons. The minimum Gasteiger partial charge on any atom is -0.462 e. The fourth-order valence-corrected chi connectivity index (χ4v) is 4.35. The number of aromatic amines is 1. The Kier molecular flexibility index (Phi) is 10.6. The van der Waals surface area contributed by atoms with E-state index in [9.17, 15) is 23.9 Å². The van der Waals surface area contributed by atoms with E-state index in [4.69, 9.17) is 21.1 Å². The van der Waals surface area contributed by atoms with Crippen LogP contribution in [-0.4, -0.2) is 95.0 Å². The highest BCUT2D eigenvalue weighted by Gasteiger charge is 2.24. The van der Waals surface area contributed by atoms with Crippen molar-refractivity contribution in [3.8, 4) is 11.1 Å². The lowest BCUT2D eigenvalue weighted by molar-refractivity contribution is -0.155. The Morgan fingerprint density at radius 2 is 1.93 bits per heavy atom. The third kappa shape index (κ3) is 8.65. The van der Waals surface area contributed by atoms with Gasteiger partial charge in [0, 0.05) is 43.7 Å². The van der Waals surface area contributed by atoms with Crippen molar-refractivity contribution in [2.75, 3.05) is 46.0 Å². The van der Waals surface area contributed by atoms with Crippen LogP contribution in [0.25, 0.3) is 11.1 Å². The number of ether oxygens (including phenoxy) is 2. The average molecular weight is 588 g/mol. The molecule has 0 saturated carbocycles. The molecule has 1 atom stereocenters. The van der Waals surface area contributed by atoms with Crippen LogP contribution in [0.5, 0.6) is 0 Å². The molecule has 1 aliphatic heterocycles. The second-order valence-electron chi connectivity index (χ2n) is 9.50. The number of carbonyl (C=O) groups excluding carboxylic acids is 3. The number of aromatic nitrogens is 2. The number of amides is 1. The van der Waals surface area contributed by atoms with Gasteiger partial charge in [-0.05, 0) is 35.4 Å². The molecular formula is C28H31ClFN5O6. The van der Waals surface area contributed by atoms with E-state index >= 15 is 0 Å². The number of aliphatic hydroxyl groups is 1. The van der Waals surface area contributed by atoms with Crippen molar-refractivity contribution < 1.29 is 33.4 Å². The maximum absolute atomic E-state index is 14.3. The van der Waals surface area contributed by atoms with E-state index in [0.29, 0.717) is 41.5 Å². The summed E-state index contributed by atoms with van der Waals surface area (Å²) in [5.41, 5.74) is 4.38. The Balaban J connectivity index is 1.43. The zero-order valence-corrected chi connectivity index (χ0v) is 23.2. The van der Waals surface area contributed by atoms with Gasteiger partial charge in [0.2, 0.25) is 0 Å². The van der Waals surface area contributed by atoms with Gasteiger partial charge in [-0.25, -0.2) is 14.2 Å². The third-order valence-electron chi connectivity index (χ3n) is 6.43. The number of H-pyrrole nitrogens is 1. The molecule has 1 amide bonds. The van der Waals surface area contributed by atoms with Crippen molar-refractivity contribution in [1.82, 2.24) is 25.5 Å². The van der Waals surface area contributed by atoms with Crippen LogP contribution in [0.2, 0.25) is 5.02 Å². The number of ketones is 1. The number of aliphatic hydroxyl groups excluding tert-OH is 1. The molecule has 1 aromatic heterocycles. The van der Waals surface area contributed by atoms with Crippen molar-refractivity contribution in [3.63, 3.8) is 0 Å². The number of carbonyl (C=O) groups is 3. The zero-order chi connectivity index (χ0) is 29.4. The van der Waals surface area contributed by atoms with E-state index in [-0.39, 0.29) is 36.9 Å². The van der Waals surface area contributed by atoms with Crippen molar-refractivity contribution in [3.05, 3.63) is 76.3 Å². The maximum atomic E-state index is 14.3. The number of esters is 1. The molecule has 1 unspecified atom stereocenters. The van der Waals surface area contributed by atoms with Crippen LogP contribution in [0.3, 0.4) is 0 Å². The van der Waals surface area contributed by atoms with Crippen molar-refractivity contribution in [1.29, 1.82) is 0 Å². The van der Waals surface area contributed by atoms with Gasteiger partial charge in [-0.1, -0.05) is 35.9 Å². The number of Topliss-reactive ketones (excluding diaryl/α,β-unsaturated/α-hetero) is 1. The van der Waals surface area contributed by atoms with Gasteiger partial charge in [0.05, 0.1) is 19.8 Å². The van der Waals surface area contributed by atoms with E-state index in [1.54, 1.807) is 24.3 Å². The lowest BCUT2D eigenvalue weighted by Gasteiger charge is -2.27. The first-order valence-electron chi connectivity index (χ1n) is 13.0. The topological polar surface area (TPSA) is 137 Å². The first-order valence-corrected chi connectivity index (χ1v) is 13.4. The highest BCUT2D eigenvalue weighted by Crippen LogP contribution is 2.26. The van der Waals surface area contributed by atoms with Gasteiger partial charge in [0.15, 0.2) is 11.9 Å². The Labute approximate surface area is 241 Å². The standard InChI is InChI=1S/C28H31ClFN5O6/c1-18(36)24-15-25(32-31-24)27(38)33-35(17-26(37)28(39)41-13-10-34-8-11-40-12-9-34)16-19-2-4-20(5-3-19)22-14-21(29)6-7-23(22)30/h2-7,14-15,26,37H,8-13,16-17H2,1H3,(H,31,32)(H,33,38). The highest BCUT2D eigenvalue weighted by atomic mass is 35.5. The summed E-state index contributed by atoms with van der Waals surface area (Å²) in [6.45, 7) is 4.44. The van der Waals surface area contributed by atoms with E-state index in [0.717, 1.165) is 13.1 Å². The molecule has 2 heterocycles. The Morgan fingerprint density at radius 3 is 2.61 bits per heavy atom. The summed E-state index contributed by atoms with van der Waals surface area (Å²) in [6.07, 6.45) is -1.56. The van der Waals surface area contributed by atoms with Crippen LogP contribution in [0.4, 0.5) is 4.39 Å². The van der Waals surface area contributed by atoms with Crippen molar-refractivity contribution >= 4 is 29.3 Å². The summed E-state index contributed by atoms with van der Waals surface area (Å²) >= 11 is 6.02. The molecule has 1 saturated heterocycles. The van der Waals surface area contributed by atoms with Crippen LogP contribution >= 0.6 is 11.6 Å². The monoisotopic (exact) mass is 587 g/mol. The summed E-state index contributed by atoms with van der Waals surface area (Å²) in [4.78, 5) is 39.1. The Bertz CT molecular complexity index is 1360. The first-order chi connectivity index (χ1) is 19.7. The number of benzene rings is 2. The Hall–Kier alpha value is -3.68. The van der Waals surface area contributed by atoms with Gasteiger partial charge >= 0.3 is 5.97 Å². The predicted molar refractivity (Wildman–Crippen MR) is 148 cm³/mol. The van der Waals surface area contributed by atoms with Crippen LogP contribution < -0.4 is 5.43 Å². The molecular weight excluding hydrogens is 557 g/mol. The summed E-state index contributed by atoms with van der Waals surface area (Å²) in [7, 11) is 0. The van der Waals surface area contributed by atoms with E-state index < -0.39 is 23.8 Å². The third-order valence-corrected chi connectivity index (χ3v) is 6.67. The van der Waals surface area contributed by atoms with Crippen molar-refractivity contribution in [2.24, 2.45) is 0 Å². The van der Waals surface area contributed by atoms with E-state index in [1.807, 2.05) is 0 Å². The van der Waals surface area contributed by atoms with E-state index in [2.05, 4.69) is 20.5 Å². The molecule has 13 heteroatoms. The smallest absolute Gasteiger partial charge is 0.336 e. The minimum atomic E-state index is -1.56. The molecule has 0 radical (unpaired) electrons. The summed E-state index contributed by atoms with van der Waals surface area (Å²) in [5, 5.41) is 18.7. The molecule has 1 aliphatic rings.